The highest BCUT2D eigenvalue weighted by Crippen LogP contribution is 1.87. The van der Waals surface area contributed by atoms with Crippen LogP contribution in [-0.4, -0.2) is 76.9 Å². The summed E-state index contributed by atoms with van der Waals surface area (Å²) in [5.74, 6) is -0.217. The largest absolute Gasteiger partial charge is 0.385 e. The van der Waals surface area contributed by atoms with Gasteiger partial charge in [-0.15, -0.1) is 0 Å². The van der Waals surface area contributed by atoms with E-state index in [2.05, 4.69) is 10.6 Å². The van der Waals surface area contributed by atoms with E-state index in [1.807, 2.05) is 6.92 Å². The second kappa shape index (κ2) is 11.6. The second-order valence-corrected chi connectivity index (χ2v) is 4.79. The molecule has 0 saturated heterocycles. The first-order chi connectivity index (χ1) is 9.49. The zero-order chi connectivity index (χ0) is 15.4. The van der Waals surface area contributed by atoms with Gasteiger partial charge in [-0.05, 0) is 20.4 Å². The lowest BCUT2D eigenvalue weighted by molar-refractivity contribution is -0.125. The molecule has 2 amide bonds. The molecule has 7 heteroatoms. The van der Waals surface area contributed by atoms with Crippen molar-refractivity contribution >= 4 is 11.8 Å². The van der Waals surface area contributed by atoms with Crippen molar-refractivity contribution in [3.63, 3.8) is 0 Å². The zero-order valence-electron chi connectivity index (χ0n) is 12.9. The van der Waals surface area contributed by atoms with Gasteiger partial charge in [0, 0.05) is 33.4 Å². The van der Waals surface area contributed by atoms with Gasteiger partial charge >= 0.3 is 0 Å². The molecule has 1 unspecified atom stereocenters. The quantitative estimate of drug-likeness (QED) is 0.488. The molecular formula is C13H27N3O4. The Morgan fingerprint density at radius 2 is 1.80 bits per heavy atom. The Morgan fingerprint density at radius 1 is 1.15 bits per heavy atom. The Bertz CT molecular complexity index is 287. The molecule has 0 aliphatic heterocycles. The van der Waals surface area contributed by atoms with Crippen LogP contribution in [-0.2, 0) is 19.1 Å². The fraction of sp³-hybridized carbons (Fsp3) is 0.846. The van der Waals surface area contributed by atoms with Crippen LogP contribution in [0.1, 0.15) is 13.3 Å². The molecule has 0 rings (SSSR count). The summed E-state index contributed by atoms with van der Waals surface area (Å²) in [6.07, 6.45) is 0.779. The van der Waals surface area contributed by atoms with Crippen molar-refractivity contribution in [3.05, 3.63) is 0 Å². The predicted molar refractivity (Wildman–Crippen MR) is 76.5 cm³/mol. The third-order valence-electron chi connectivity index (χ3n) is 2.50. The highest BCUT2D eigenvalue weighted by Gasteiger charge is 2.12. The SMILES string of the molecule is COCCCNC(=O)CN(C)CC(=O)NC(C)COC. The third-order valence-corrected chi connectivity index (χ3v) is 2.50. The first kappa shape index (κ1) is 18.8. The summed E-state index contributed by atoms with van der Waals surface area (Å²) in [7, 11) is 4.94. The summed E-state index contributed by atoms with van der Waals surface area (Å²) in [5.41, 5.74) is 0. The van der Waals surface area contributed by atoms with Gasteiger partial charge in [0.2, 0.25) is 11.8 Å². The number of rotatable bonds is 11. The van der Waals surface area contributed by atoms with E-state index in [1.54, 1.807) is 26.2 Å². The minimum Gasteiger partial charge on any atom is -0.385 e. The number of likely N-dealkylation sites (N-methyl/N-ethyl adjacent to an activating group) is 1. The summed E-state index contributed by atoms with van der Waals surface area (Å²) in [5, 5.41) is 5.56. The van der Waals surface area contributed by atoms with Crippen LogP contribution in [0, 0.1) is 0 Å². The number of carbonyl (C=O) groups excluding carboxylic acids is 2. The van der Waals surface area contributed by atoms with E-state index in [-0.39, 0.29) is 30.9 Å². The molecule has 20 heavy (non-hydrogen) atoms. The van der Waals surface area contributed by atoms with E-state index in [0.29, 0.717) is 19.8 Å². The summed E-state index contributed by atoms with van der Waals surface area (Å²) < 4.78 is 9.82. The maximum absolute atomic E-state index is 11.7. The number of methoxy groups -OCH3 is 2. The maximum Gasteiger partial charge on any atom is 0.234 e. The molecule has 7 nitrogen and oxygen atoms in total. The van der Waals surface area contributed by atoms with Crippen LogP contribution < -0.4 is 10.6 Å². The van der Waals surface area contributed by atoms with E-state index < -0.39 is 0 Å². The molecule has 0 aromatic rings. The number of nitrogens with one attached hydrogen (secondary N) is 2. The van der Waals surface area contributed by atoms with E-state index in [9.17, 15) is 9.59 Å². The van der Waals surface area contributed by atoms with Crippen molar-refractivity contribution in [2.45, 2.75) is 19.4 Å². The van der Waals surface area contributed by atoms with Crippen LogP contribution in [0.5, 0.6) is 0 Å². The predicted octanol–water partition coefficient (Wildman–Crippen LogP) is -0.778. The summed E-state index contributed by atoms with van der Waals surface area (Å²) in [4.78, 5) is 24.9. The van der Waals surface area contributed by atoms with Crippen LogP contribution in [0.2, 0.25) is 0 Å². The second-order valence-electron chi connectivity index (χ2n) is 4.79. The first-order valence-electron chi connectivity index (χ1n) is 6.72. The average molecular weight is 289 g/mol. The summed E-state index contributed by atoms with van der Waals surface area (Å²) >= 11 is 0. The highest BCUT2D eigenvalue weighted by molar-refractivity contribution is 5.81. The number of amides is 2. The molecule has 0 saturated carbocycles. The van der Waals surface area contributed by atoms with E-state index in [4.69, 9.17) is 9.47 Å². The Morgan fingerprint density at radius 3 is 2.40 bits per heavy atom. The number of hydrogen-bond donors (Lipinski definition) is 2. The monoisotopic (exact) mass is 289 g/mol. The number of nitrogens with zero attached hydrogens (tertiary/aromatic N) is 1. The molecule has 0 aromatic heterocycles. The fourth-order valence-corrected chi connectivity index (χ4v) is 1.66. The van der Waals surface area contributed by atoms with E-state index in [0.717, 1.165) is 6.42 Å². The summed E-state index contributed by atoms with van der Waals surface area (Å²) in [6, 6.07) is -0.0382. The Labute approximate surface area is 121 Å². The topological polar surface area (TPSA) is 79.9 Å². The van der Waals surface area contributed by atoms with Crippen molar-refractivity contribution in [1.82, 2.24) is 15.5 Å². The Balaban J connectivity index is 3.77. The van der Waals surface area contributed by atoms with Crippen LogP contribution in [0.15, 0.2) is 0 Å². The highest BCUT2D eigenvalue weighted by atomic mass is 16.5. The molecule has 2 N–H and O–H groups in total. The molecule has 0 aliphatic rings. The van der Waals surface area contributed by atoms with Gasteiger partial charge in [0.15, 0.2) is 0 Å². The lowest BCUT2D eigenvalue weighted by Crippen LogP contribution is -2.44. The standard InChI is InChI=1S/C13H27N3O4/c1-11(10-20-4)15-13(18)9-16(2)8-12(17)14-6-5-7-19-3/h11H,5-10H2,1-4H3,(H,14,17)(H,15,18). The lowest BCUT2D eigenvalue weighted by atomic mass is 10.3. The Hall–Kier alpha value is -1.18. The molecule has 0 aliphatic carbocycles. The molecule has 0 heterocycles. The van der Waals surface area contributed by atoms with Gasteiger partial charge < -0.3 is 20.1 Å². The van der Waals surface area contributed by atoms with Crippen LogP contribution >= 0.6 is 0 Å². The van der Waals surface area contributed by atoms with E-state index in [1.165, 1.54) is 0 Å². The third kappa shape index (κ3) is 10.7. The number of hydrogen-bond acceptors (Lipinski definition) is 5. The van der Waals surface area contributed by atoms with Crippen LogP contribution in [0.3, 0.4) is 0 Å². The van der Waals surface area contributed by atoms with Crippen molar-refractivity contribution in [1.29, 1.82) is 0 Å². The number of carbonyl (C=O) groups is 2. The lowest BCUT2D eigenvalue weighted by Gasteiger charge is -2.18. The zero-order valence-corrected chi connectivity index (χ0v) is 12.9. The minimum atomic E-state index is -0.121. The first-order valence-corrected chi connectivity index (χ1v) is 6.72. The van der Waals surface area contributed by atoms with Crippen molar-refractivity contribution < 1.29 is 19.1 Å². The molecule has 118 valence electrons. The molecule has 1 atom stereocenters. The molecule has 0 radical (unpaired) electrons. The molecule has 0 spiro atoms. The van der Waals surface area contributed by atoms with Crippen molar-refractivity contribution in [3.8, 4) is 0 Å². The summed E-state index contributed by atoms with van der Waals surface area (Å²) in [6.45, 7) is 3.91. The number of ether oxygens (including phenoxy) is 2. The van der Waals surface area contributed by atoms with E-state index >= 15 is 0 Å². The normalized spacial score (nSPS) is 12.2. The molecular weight excluding hydrogens is 262 g/mol. The smallest absolute Gasteiger partial charge is 0.234 e. The van der Waals surface area contributed by atoms with Gasteiger partial charge in [-0.25, -0.2) is 0 Å². The maximum atomic E-state index is 11.7. The Kier molecular flexibility index (Phi) is 10.9. The fourth-order valence-electron chi connectivity index (χ4n) is 1.66. The average Bonchev–Trinajstić information content (AvgIpc) is 2.34. The van der Waals surface area contributed by atoms with Crippen molar-refractivity contribution in [2.75, 3.05) is 54.1 Å². The molecule has 0 bridgehead atoms. The van der Waals surface area contributed by atoms with Gasteiger partial charge in [-0.1, -0.05) is 0 Å². The molecule has 0 aromatic carbocycles. The van der Waals surface area contributed by atoms with Crippen LogP contribution in [0.25, 0.3) is 0 Å². The van der Waals surface area contributed by atoms with Gasteiger partial charge in [0.25, 0.3) is 0 Å². The molecule has 0 fully saturated rings. The van der Waals surface area contributed by atoms with Gasteiger partial charge in [0.1, 0.15) is 0 Å². The van der Waals surface area contributed by atoms with Crippen LogP contribution in [0.4, 0.5) is 0 Å². The van der Waals surface area contributed by atoms with Gasteiger partial charge in [-0.2, -0.15) is 0 Å². The minimum absolute atomic E-state index is 0.0382. The van der Waals surface area contributed by atoms with Crippen molar-refractivity contribution in [2.24, 2.45) is 0 Å². The van der Waals surface area contributed by atoms with Gasteiger partial charge in [0.05, 0.1) is 19.7 Å². The van der Waals surface area contributed by atoms with Gasteiger partial charge in [-0.3, -0.25) is 14.5 Å².